The smallest absolute Gasteiger partial charge is 0.0725 e. The molecule has 13 rings (SSSR count). The van der Waals surface area contributed by atoms with E-state index in [0.29, 0.717) is 0 Å². The Labute approximate surface area is 375 Å². The lowest BCUT2D eigenvalue weighted by Crippen LogP contribution is -2.26. The monoisotopic (exact) mass is 815 g/mol. The van der Waals surface area contributed by atoms with Gasteiger partial charge in [-0.05, 0) is 122 Å². The molecular formula is C63H45N. The number of fused-ring (bicyclic) bond motifs is 13. The van der Waals surface area contributed by atoms with E-state index in [4.69, 9.17) is 0 Å². The first-order valence-corrected chi connectivity index (χ1v) is 22.4. The van der Waals surface area contributed by atoms with Crippen molar-refractivity contribution in [1.29, 1.82) is 0 Å². The molecule has 0 N–H and O–H groups in total. The van der Waals surface area contributed by atoms with Gasteiger partial charge >= 0.3 is 0 Å². The molecule has 0 atom stereocenters. The highest BCUT2D eigenvalue weighted by Gasteiger charge is 2.51. The van der Waals surface area contributed by atoms with E-state index >= 15 is 0 Å². The van der Waals surface area contributed by atoms with Crippen LogP contribution in [0.25, 0.3) is 72.0 Å². The fourth-order valence-electron chi connectivity index (χ4n) is 10.7. The van der Waals surface area contributed by atoms with Crippen LogP contribution in [0.2, 0.25) is 0 Å². The largest absolute Gasteiger partial charge is 0.309 e. The maximum Gasteiger partial charge on any atom is 0.0725 e. The summed E-state index contributed by atoms with van der Waals surface area (Å²) in [7, 11) is 0. The molecule has 0 amide bonds. The van der Waals surface area contributed by atoms with E-state index in [1.54, 1.807) is 0 Å². The van der Waals surface area contributed by atoms with Gasteiger partial charge in [0.1, 0.15) is 0 Å². The standard InChI is InChI=1S/C50H33N.C13H12/c1-2-12-37(13-3-1)51-48-21-11-7-17-42(48)43-32-36(27-29-49(43)51)35-25-22-33(23-26-35)30-34-24-28-41-40-16-6-10-20-46(40)50(47(41)31-34)44-18-8-4-14-38(44)39-15-5-9-19-45(39)50;1-11-7-9-13(10-8-11)12-5-3-2-4-6-12/h1-29,31-32H,30H2;2-10H,1H3. The summed E-state index contributed by atoms with van der Waals surface area (Å²) in [5, 5.41) is 2.55. The molecule has 1 heterocycles. The van der Waals surface area contributed by atoms with E-state index in [1.165, 1.54) is 111 Å². The van der Waals surface area contributed by atoms with E-state index < -0.39 is 0 Å². The van der Waals surface area contributed by atoms with Crippen LogP contribution >= 0.6 is 0 Å². The number of hydrogen-bond acceptors (Lipinski definition) is 0. The van der Waals surface area contributed by atoms with Crippen molar-refractivity contribution in [2.45, 2.75) is 18.8 Å². The number of benzene rings is 10. The molecule has 1 aromatic heterocycles. The maximum atomic E-state index is 2.50. The highest BCUT2D eigenvalue weighted by molar-refractivity contribution is 6.10. The number of aromatic nitrogens is 1. The summed E-state index contributed by atoms with van der Waals surface area (Å²) < 4.78 is 2.37. The van der Waals surface area contributed by atoms with E-state index in [0.717, 1.165) is 6.42 Å². The summed E-state index contributed by atoms with van der Waals surface area (Å²) in [6.07, 6.45) is 0.882. The van der Waals surface area contributed by atoms with Crippen molar-refractivity contribution in [3.8, 4) is 50.2 Å². The Morgan fingerprint density at radius 3 is 1.45 bits per heavy atom. The van der Waals surface area contributed by atoms with Crippen molar-refractivity contribution in [3.63, 3.8) is 0 Å². The van der Waals surface area contributed by atoms with E-state index in [2.05, 4.69) is 248 Å². The lowest BCUT2D eigenvalue weighted by molar-refractivity contribution is 0.792. The number of nitrogens with zero attached hydrogens (tertiary/aromatic N) is 1. The Balaban J connectivity index is 0.000000287. The average Bonchev–Trinajstić information content (AvgIpc) is 3.97. The van der Waals surface area contributed by atoms with E-state index in [9.17, 15) is 0 Å². The van der Waals surface area contributed by atoms with Crippen LogP contribution < -0.4 is 0 Å². The molecular weight excluding hydrogens is 771 g/mol. The molecule has 0 radical (unpaired) electrons. The number of rotatable bonds is 5. The summed E-state index contributed by atoms with van der Waals surface area (Å²) >= 11 is 0. The van der Waals surface area contributed by atoms with E-state index in [1.807, 2.05) is 6.07 Å². The fourth-order valence-corrected chi connectivity index (χ4v) is 10.7. The third kappa shape index (κ3) is 6.08. The fraction of sp³-hybridized carbons (Fsp3) is 0.0476. The van der Waals surface area contributed by atoms with Gasteiger partial charge in [-0.25, -0.2) is 0 Å². The SMILES string of the molecule is Cc1ccc(-c2ccccc2)cc1.c1ccc(-n2c3ccccc3c3cc(-c4ccc(Cc5ccc6c(c5)C5(c7ccccc7-c7ccccc75)c5ccccc5-6)cc4)ccc32)cc1. The molecule has 0 fully saturated rings. The minimum atomic E-state index is -0.304. The van der Waals surface area contributed by atoms with Gasteiger partial charge in [0.05, 0.1) is 16.4 Å². The van der Waals surface area contributed by atoms with Crippen LogP contribution in [0.5, 0.6) is 0 Å². The number of hydrogen-bond donors (Lipinski definition) is 0. The summed E-state index contributed by atoms with van der Waals surface area (Å²) in [6.45, 7) is 2.11. The molecule has 0 unspecified atom stereocenters. The number of aryl methyl sites for hydroxylation is 1. The molecule has 0 aliphatic heterocycles. The highest BCUT2D eigenvalue weighted by atomic mass is 15.0. The molecule has 1 nitrogen and oxygen atoms in total. The van der Waals surface area contributed by atoms with Crippen LogP contribution in [0.15, 0.2) is 243 Å². The molecule has 0 bridgehead atoms. The minimum absolute atomic E-state index is 0.304. The second-order valence-corrected chi connectivity index (χ2v) is 17.3. The molecule has 1 spiro atoms. The lowest BCUT2D eigenvalue weighted by atomic mass is 9.70. The van der Waals surface area contributed by atoms with Gasteiger partial charge in [-0.1, -0.05) is 218 Å². The molecule has 64 heavy (non-hydrogen) atoms. The van der Waals surface area contributed by atoms with Crippen molar-refractivity contribution in [3.05, 3.63) is 282 Å². The molecule has 1 heteroatoms. The minimum Gasteiger partial charge on any atom is -0.309 e. The molecule has 11 aromatic rings. The third-order valence-corrected chi connectivity index (χ3v) is 13.6. The zero-order valence-corrected chi connectivity index (χ0v) is 35.7. The van der Waals surface area contributed by atoms with Gasteiger partial charge in [0, 0.05) is 16.5 Å². The van der Waals surface area contributed by atoms with Crippen molar-refractivity contribution in [2.24, 2.45) is 0 Å². The van der Waals surface area contributed by atoms with Crippen LogP contribution in [0.1, 0.15) is 38.9 Å². The predicted octanol–water partition coefficient (Wildman–Crippen LogP) is 16.0. The molecule has 10 aromatic carbocycles. The molecule has 0 saturated heterocycles. The van der Waals surface area contributed by atoms with Crippen molar-refractivity contribution < 1.29 is 0 Å². The first-order chi connectivity index (χ1) is 31.6. The number of para-hydroxylation sites is 2. The Kier molecular flexibility index (Phi) is 9.09. The topological polar surface area (TPSA) is 4.93 Å². The molecule has 0 saturated carbocycles. The second kappa shape index (κ2) is 15.4. The first kappa shape index (κ1) is 37.7. The average molecular weight is 816 g/mol. The Hall–Kier alpha value is -8.00. The van der Waals surface area contributed by atoms with Crippen LogP contribution in [0.4, 0.5) is 0 Å². The zero-order chi connectivity index (χ0) is 42.6. The van der Waals surface area contributed by atoms with Gasteiger partial charge in [-0.2, -0.15) is 0 Å². The summed E-state index contributed by atoms with van der Waals surface area (Å²) in [4.78, 5) is 0. The highest BCUT2D eigenvalue weighted by Crippen LogP contribution is 2.62. The van der Waals surface area contributed by atoms with Crippen LogP contribution in [-0.4, -0.2) is 4.57 Å². The summed E-state index contributed by atoms with van der Waals surface area (Å²) in [5.74, 6) is 0. The quantitative estimate of drug-likeness (QED) is 0.163. The zero-order valence-electron chi connectivity index (χ0n) is 35.7. The maximum absolute atomic E-state index is 2.50. The Morgan fingerprint density at radius 1 is 0.328 bits per heavy atom. The summed E-state index contributed by atoms with van der Waals surface area (Å²) in [6, 6.07) is 88.9. The Bertz CT molecular complexity index is 3440. The van der Waals surface area contributed by atoms with Gasteiger partial charge in [-0.3, -0.25) is 0 Å². The first-order valence-electron chi connectivity index (χ1n) is 22.4. The lowest BCUT2D eigenvalue weighted by Gasteiger charge is -2.30. The molecule has 2 aliphatic rings. The Morgan fingerprint density at radius 2 is 0.797 bits per heavy atom. The molecule has 302 valence electrons. The van der Waals surface area contributed by atoms with Gasteiger partial charge in [0.2, 0.25) is 0 Å². The molecule has 2 aliphatic carbocycles. The van der Waals surface area contributed by atoms with Crippen LogP contribution in [0.3, 0.4) is 0 Å². The second-order valence-electron chi connectivity index (χ2n) is 17.3. The van der Waals surface area contributed by atoms with Gasteiger partial charge < -0.3 is 4.57 Å². The third-order valence-electron chi connectivity index (χ3n) is 13.6. The normalized spacial score (nSPS) is 12.6. The van der Waals surface area contributed by atoms with Crippen molar-refractivity contribution in [2.75, 3.05) is 0 Å². The van der Waals surface area contributed by atoms with Crippen LogP contribution in [0, 0.1) is 6.92 Å². The van der Waals surface area contributed by atoms with Gasteiger partial charge in [-0.15, -0.1) is 0 Å². The van der Waals surface area contributed by atoms with Crippen molar-refractivity contribution >= 4 is 21.8 Å². The summed E-state index contributed by atoms with van der Waals surface area (Å²) in [5.41, 5.74) is 23.3. The van der Waals surface area contributed by atoms with Gasteiger partial charge in [0.25, 0.3) is 0 Å². The van der Waals surface area contributed by atoms with Crippen LogP contribution in [-0.2, 0) is 11.8 Å². The van der Waals surface area contributed by atoms with Gasteiger partial charge in [0.15, 0.2) is 0 Å². The predicted molar refractivity (Wildman–Crippen MR) is 268 cm³/mol. The van der Waals surface area contributed by atoms with Crippen molar-refractivity contribution in [1.82, 2.24) is 4.57 Å². The van der Waals surface area contributed by atoms with E-state index in [-0.39, 0.29) is 5.41 Å².